The summed E-state index contributed by atoms with van der Waals surface area (Å²) in [7, 11) is -4.29. The van der Waals surface area contributed by atoms with Crippen molar-refractivity contribution in [2.24, 2.45) is 11.3 Å². The first-order valence-corrected chi connectivity index (χ1v) is 14.3. The summed E-state index contributed by atoms with van der Waals surface area (Å²) in [5, 5.41) is 12.0. The lowest BCUT2D eigenvalue weighted by molar-refractivity contribution is -0.116. The van der Waals surface area contributed by atoms with Gasteiger partial charge in [-0.25, -0.2) is 17.2 Å². The number of carbonyl (C=O) groups excluding carboxylic acids is 1. The summed E-state index contributed by atoms with van der Waals surface area (Å²) < 4.78 is 60.6. The van der Waals surface area contributed by atoms with Crippen LogP contribution >= 0.6 is 23.2 Å². The molecule has 0 spiro atoms. The van der Waals surface area contributed by atoms with Crippen LogP contribution in [0.5, 0.6) is 0 Å². The third-order valence-corrected chi connectivity index (χ3v) is 9.74. The Morgan fingerprint density at radius 3 is 2.50 bits per heavy atom. The third-order valence-electron chi connectivity index (χ3n) is 7.11. The number of hydrogen-bond acceptors (Lipinski definition) is 4. The molecule has 38 heavy (non-hydrogen) atoms. The highest BCUT2D eigenvalue weighted by Gasteiger charge is 2.62. The van der Waals surface area contributed by atoms with Crippen LogP contribution in [0.2, 0.25) is 10.0 Å². The Kier molecular flexibility index (Phi) is 7.67. The third kappa shape index (κ3) is 4.95. The number of carbonyl (C=O) groups is 1. The first kappa shape index (κ1) is 28.5. The Morgan fingerprint density at radius 1 is 1.21 bits per heavy atom. The van der Waals surface area contributed by atoms with Crippen LogP contribution in [0.3, 0.4) is 0 Å². The molecule has 1 N–H and O–H groups in total. The summed E-state index contributed by atoms with van der Waals surface area (Å²) >= 11 is 12.1. The van der Waals surface area contributed by atoms with Gasteiger partial charge in [-0.15, -0.1) is 0 Å². The van der Waals surface area contributed by atoms with Gasteiger partial charge in [0.25, 0.3) is 0 Å². The molecule has 0 saturated carbocycles. The van der Waals surface area contributed by atoms with Crippen molar-refractivity contribution in [1.29, 1.82) is 5.26 Å². The fraction of sp³-hybridized carbons (Fsp3) is 0.407. The number of nitriles is 1. The number of sulfonamides is 1. The molecule has 2 aliphatic rings. The van der Waals surface area contributed by atoms with E-state index >= 15 is 8.78 Å². The first-order valence-electron chi connectivity index (χ1n) is 12.0. The number of halogens is 4. The van der Waals surface area contributed by atoms with E-state index in [2.05, 4.69) is 11.4 Å². The van der Waals surface area contributed by atoms with Gasteiger partial charge in [-0.2, -0.15) is 9.57 Å². The number of hydrogen-bond donors (Lipinski definition) is 1. The molecule has 2 heterocycles. The summed E-state index contributed by atoms with van der Waals surface area (Å²) in [6.45, 7) is 5.42. The average molecular weight is 583 g/mol. The van der Waals surface area contributed by atoms with Crippen molar-refractivity contribution in [3.05, 3.63) is 81.4 Å². The normalized spacial score (nSPS) is 26.3. The van der Waals surface area contributed by atoms with Crippen LogP contribution in [0.1, 0.15) is 44.4 Å². The molecule has 2 aliphatic heterocycles. The monoisotopic (exact) mass is 581 g/mol. The number of nitrogens with zero attached hydrogens (tertiary/aromatic N) is 2. The summed E-state index contributed by atoms with van der Waals surface area (Å²) in [5.41, 5.74) is -2.45. The summed E-state index contributed by atoms with van der Waals surface area (Å²) in [6, 6.07) is 8.79. The molecule has 4 rings (SSSR count). The van der Waals surface area contributed by atoms with Gasteiger partial charge in [0, 0.05) is 35.3 Å². The van der Waals surface area contributed by atoms with Crippen molar-refractivity contribution >= 4 is 39.1 Å². The second-order valence-electron chi connectivity index (χ2n) is 10.9. The lowest BCUT2D eigenvalue weighted by atomic mass is 9.63. The standard InChI is InChI=1S/C27H27Cl2F2N3O3S/c1-26(2,3)12-16-14-34(38(36,37)18-8-10-23(35)33-13-18)25(19-5-4-6-21(29)24(19)31)27(16,15-32)20-9-7-17(28)11-22(20)30/h4-11,16,18,25H,12-14H2,1-3H3,(H,33,35). The molecule has 0 aromatic heterocycles. The van der Waals surface area contributed by atoms with E-state index in [1.807, 2.05) is 20.8 Å². The van der Waals surface area contributed by atoms with Crippen molar-refractivity contribution in [3.8, 4) is 6.07 Å². The second-order valence-corrected chi connectivity index (χ2v) is 13.8. The van der Waals surface area contributed by atoms with Crippen LogP contribution in [0, 0.1) is 34.3 Å². The van der Waals surface area contributed by atoms with Gasteiger partial charge in [-0.1, -0.05) is 68.2 Å². The number of nitrogens with one attached hydrogen (secondary N) is 1. The smallest absolute Gasteiger partial charge is 0.243 e. The molecule has 1 saturated heterocycles. The maximum atomic E-state index is 15.7. The Bertz CT molecular complexity index is 1450. The zero-order valence-corrected chi connectivity index (χ0v) is 23.3. The molecule has 4 unspecified atom stereocenters. The summed E-state index contributed by atoms with van der Waals surface area (Å²) in [4.78, 5) is 11.7. The highest BCUT2D eigenvalue weighted by molar-refractivity contribution is 7.90. The minimum Gasteiger partial charge on any atom is -0.351 e. The zero-order chi connectivity index (χ0) is 28.0. The van der Waals surface area contributed by atoms with Gasteiger partial charge in [-0.3, -0.25) is 4.79 Å². The molecule has 202 valence electrons. The molecule has 1 amide bonds. The molecule has 0 aliphatic carbocycles. The van der Waals surface area contributed by atoms with Gasteiger partial charge >= 0.3 is 0 Å². The molecule has 1 fully saturated rings. The van der Waals surface area contributed by atoms with Crippen molar-refractivity contribution in [2.45, 2.75) is 43.9 Å². The Labute approximate surface area is 231 Å². The Morgan fingerprint density at radius 2 is 1.92 bits per heavy atom. The maximum Gasteiger partial charge on any atom is 0.243 e. The van der Waals surface area contributed by atoms with Gasteiger partial charge in [0.2, 0.25) is 15.9 Å². The fourth-order valence-corrected chi connectivity index (χ4v) is 7.79. The maximum absolute atomic E-state index is 15.7. The molecular formula is C27H27Cl2F2N3O3S. The van der Waals surface area contributed by atoms with E-state index in [9.17, 15) is 18.5 Å². The largest absolute Gasteiger partial charge is 0.351 e. The number of rotatable bonds is 5. The molecule has 2 aromatic rings. The van der Waals surface area contributed by atoms with Gasteiger partial charge in [-0.05, 0) is 36.0 Å². The lowest BCUT2D eigenvalue weighted by Gasteiger charge is -2.38. The van der Waals surface area contributed by atoms with E-state index in [1.165, 1.54) is 36.4 Å². The van der Waals surface area contributed by atoms with E-state index in [1.54, 1.807) is 0 Å². The average Bonchev–Trinajstić information content (AvgIpc) is 3.15. The van der Waals surface area contributed by atoms with Gasteiger partial charge in [0.1, 0.15) is 22.3 Å². The van der Waals surface area contributed by atoms with Crippen LogP contribution < -0.4 is 5.32 Å². The Balaban J connectivity index is 2.05. The molecule has 0 bridgehead atoms. The van der Waals surface area contributed by atoms with Crippen LogP contribution in [0.4, 0.5) is 8.78 Å². The SMILES string of the molecule is CC(C)(C)CC1CN(S(=O)(=O)C2C=CC(=O)NC2)C(c2cccc(Cl)c2F)C1(C#N)c1ccc(Cl)cc1F. The molecule has 2 aromatic carbocycles. The van der Waals surface area contributed by atoms with Crippen LogP contribution in [-0.4, -0.2) is 37.0 Å². The van der Waals surface area contributed by atoms with Crippen molar-refractivity contribution < 1.29 is 22.0 Å². The highest BCUT2D eigenvalue weighted by atomic mass is 35.5. The molecule has 4 atom stereocenters. The second kappa shape index (κ2) is 10.2. The fourth-order valence-electron chi connectivity index (χ4n) is 5.57. The number of amides is 1. The topological polar surface area (TPSA) is 90.3 Å². The van der Waals surface area contributed by atoms with E-state index in [-0.39, 0.29) is 34.3 Å². The predicted molar refractivity (Wildman–Crippen MR) is 142 cm³/mol. The lowest BCUT2D eigenvalue weighted by Crippen LogP contribution is -2.47. The van der Waals surface area contributed by atoms with E-state index < -0.39 is 55.6 Å². The van der Waals surface area contributed by atoms with Crippen LogP contribution in [0.25, 0.3) is 0 Å². The molecular weight excluding hydrogens is 555 g/mol. The van der Waals surface area contributed by atoms with E-state index in [4.69, 9.17) is 23.2 Å². The summed E-state index contributed by atoms with van der Waals surface area (Å²) in [6.07, 6.45) is 2.72. The van der Waals surface area contributed by atoms with Crippen LogP contribution in [-0.2, 0) is 20.2 Å². The van der Waals surface area contributed by atoms with E-state index in [0.717, 1.165) is 16.4 Å². The van der Waals surface area contributed by atoms with Crippen LogP contribution in [0.15, 0.2) is 48.6 Å². The van der Waals surface area contributed by atoms with Crippen molar-refractivity contribution in [2.75, 3.05) is 13.1 Å². The quantitative estimate of drug-likeness (QED) is 0.503. The minimum atomic E-state index is -4.29. The van der Waals surface area contributed by atoms with Crippen molar-refractivity contribution in [3.63, 3.8) is 0 Å². The van der Waals surface area contributed by atoms with E-state index in [0.29, 0.717) is 6.42 Å². The van der Waals surface area contributed by atoms with Crippen molar-refractivity contribution in [1.82, 2.24) is 9.62 Å². The summed E-state index contributed by atoms with van der Waals surface area (Å²) in [5.74, 6) is -2.86. The van der Waals surface area contributed by atoms with Gasteiger partial charge < -0.3 is 5.32 Å². The highest BCUT2D eigenvalue weighted by Crippen LogP contribution is 2.57. The van der Waals surface area contributed by atoms with Gasteiger partial charge in [0.15, 0.2) is 0 Å². The minimum absolute atomic E-state index is 0.0757. The molecule has 6 nitrogen and oxygen atoms in total. The first-order chi connectivity index (χ1) is 17.7. The number of benzene rings is 2. The molecule has 11 heteroatoms. The molecule has 0 radical (unpaired) electrons. The zero-order valence-electron chi connectivity index (χ0n) is 21.0. The predicted octanol–water partition coefficient (Wildman–Crippen LogP) is 5.53. The van der Waals surface area contributed by atoms with Gasteiger partial charge in [0.05, 0.1) is 17.1 Å². The Hall–Kier alpha value is -2.51.